The molecule has 1 aromatic heterocycles. The SMILES string of the molecule is COc1ccc(N2CCN(C[C@@](C)(O)c3ccc(F)cn3)C[C@H]2c2ccc(F)cc2)c(C(=O)N(C)C)c1. The molecule has 1 N–H and O–H groups in total. The van der Waals surface area contributed by atoms with Crippen LogP contribution in [0.4, 0.5) is 14.5 Å². The van der Waals surface area contributed by atoms with Crippen molar-refractivity contribution in [2.24, 2.45) is 0 Å². The highest BCUT2D eigenvalue weighted by Gasteiger charge is 2.35. The summed E-state index contributed by atoms with van der Waals surface area (Å²) >= 11 is 0. The molecule has 2 atom stereocenters. The number of methoxy groups -OCH3 is 1. The van der Waals surface area contributed by atoms with E-state index in [9.17, 15) is 18.7 Å². The van der Waals surface area contributed by atoms with Crippen molar-refractivity contribution < 1.29 is 23.4 Å². The van der Waals surface area contributed by atoms with Crippen LogP contribution in [0.2, 0.25) is 0 Å². The Balaban J connectivity index is 1.68. The Kier molecular flexibility index (Phi) is 7.75. The van der Waals surface area contributed by atoms with Gasteiger partial charge in [0.15, 0.2) is 0 Å². The molecule has 9 heteroatoms. The van der Waals surface area contributed by atoms with E-state index < -0.39 is 11.4 Å². The molecule has 3 aromatic rings. The number of hydrogen-bond donors (Lipinski definition) is 1. The van der Waals surface area contributed by atoms with Crippen molar-refractivity contribution in [1.29, 1.82) is 0 Å². The van der Waals surface area contributed by atoms with Gasteiger partial charge < -0.3 is 19.6 Å². The molecule has 37 heavy (non-hydrogen) atoms. The number of aromatic nitrogens is 1. The zero-order chi connectivity index (χ0) is 26.7. The van der Waals surface area contributed by atoms with Gasteiger partial charge in [-0.3, -0.25) is 14.7 Å². The Morgan fingerprint density at radius 1 is 1.11 bits per heavy atom. The molecule has 0 saturated carbocycles. The summed E-state index contributed by atoms with van der Waals surface area (Å²) in [6.07, 6.45) is 1.09. The van der Waals surface area contributed by atoms with Crippen LogP contribution in [-0.4, -0.2) is 73.2 Å². The molecule has 1 aliphatic heterocycles. The molecule has 1 fully saturated rings. The summed E-state index contributed by atoms with van der Waals surface area (Å²) in [5.41, 5.74) is 1.20. The van der Waals surface area contributed by atoms with Crippen molar-refractivity contribution >= 4 is 11.6 Å². The summed E-state index contributed by atoms with van der Waals surface area (Å²) in [4.78, 5) is 23.0. The van der Waals surface area contributed by atoms with Crippen molar-refractivity contribution in [2.75, 3.05) is 52.3 Å². The average Bonchev–Trinajstić information content (AvgIpc) is 2.88. The number of nitrogens with zero attached hydrogens (tertiary/aromatic N) is 4. The Labute approximate surface area is 215 Å². The van der Waals surface area contributed by atoms with Gasteiger partial charge in [0.2, 0.25) is 0 Å². The summed E-state index contributed by atoms with van der Waals surface area (Å²) < 4.78 is 32.5. The first-order chi connectivity index (χ1) is 17.6. The number of pyridine rings is 1. The van der Waals surface area contributed by atoms with Gasteiger partial charge in [-0.15, -0.1) is 0 Å². The molecular weight excluding hydrogens is 478 g/mol. The molecule has 1 aliphatic rings. The number of piperazine rings is 1. The monoisotopic (exact) mass is 510 g/mol. The van der Waals surface area contributed by atoms with Gasteiger partial charge in [-0.1, -0.05) is 12.1 Å². The van der Waals surface area contributed by atoms with Crippen LogP contribution in [0.1, 0.15) is 34.6 Å². The van der Waals surface area contributed by atoms with E-state index in [1.807, 2.05) is 12.1 Å². The number of β-amino-alcohol motifs (C(OH)–C–C–N with tert-alkyl or cyclic N) is 1. The normalized spacial score (nSPS) is 17.8. The van der Waals surface area contributed by atoms with E-state index in [2.05, 4.69) is 14.8 Å². The predicted octanol–water partition coefficient (Wildman–Crippen LogP) is 3.84. The first-order valence-electron chi connectivity index (χ1n) is 12.1. The molecule has 4 rings (SSSR count). The number of benzene rings is 2. The molecule has 0 aliphatic carbocycles. The molecule has 7 nitrogen and oxygen atoms in total. The Hall–Kier alpha value is -3.56. The van der Waals surface area contributed by atoms with E-state index in [1.165, 1.54) is 29.2 Å². The van der Waals surface area contributed by atoms with Crippen LogP contribution in [0.5, 0.6) is 5.75 Å². The maximum Gasteiger partial charge on any atom is 0.255 e. The third-order valence-corrected chi connectivity index (χ3v) is 6.68. The lowest BCUT2D eigenvalue weighted by molar-refractivity contribution is 0.00669. The largest absolute Gasteiger partial charge is 0.497 e. The van der Waals surface area contributed by atoms with Gasteiger partial charge in [-0.05, 0) is 55.0 Å². The van der Waals surface area contributed by atoms with Crippen LogP contribution < -0.4 is 9.64 Å². The minimum Gasteiger partial charge on any atom is -0.497 e. The number of carbonyl (C=O) groups excluding carboxylic acids is 1. The fourth-order valence-corrected chi connectivity index (χ4v) is 4.76. The van der Waals surface area contributed by atoms with E-state index in [-0.39, 0.29) is 24.3 Å². The summed E-state index contributed by atoms with van der Waals surface area (Å²) in [6, 6.07) is 14.3. The molecule has 0 radical (unpaired) electrons. The quantitative estimate of drug-likeness (QED) is 0.521. The Bertz CT molecular complexity index is 1230. The molecule has 0 spiro atoms. The lowest BCUT2D eigenvalue weighted by Crippen LogP contribution is -2.52. The van der Waals surface area contributed by atoms with Gasteiger partial charge in [0, 0.05) is 40.3 Å². The second-order valence-corrected chi connectivity index (χ2v) is 9.71. The van der Waals surface area contributed by atoms with Crippen LogP contribution in [0.15, 0.2) is 60.8 Å². The van der Waals surface area contributed by atoms with Gasteiger partial charge in [0.25, 0.3) is 5.91 Å². The van der Waals surface area contributed by atoms with Crippen LogP contribution in [-0.2, 0) is 5.60 Å². The smallest absolute Gasteiger partial charge is 0.255 e. The minimum atomic E-state index is -1.31. The lowest BCUT2D eigenvalue weighted by Gasteiger charge is -2.45. The molecule has 0 unspecified atom stereocenters. The first kappa shape index (κ1) is 26.5. The average molecular weight is 511 g/mol. The molecule has 0 bridgehead atoms. The van der Waals surface area contributed by atoms with Gasteiger partial charge in [0.1, 0.15) is 23.0 Å². The second kappa shape index (κ2) is 10.8. The molecular formula is C28H32F2N4O3. The van der Waals surface area contributed by atoms with E-state index in [4.69, 9.17) is 4.74 Å². The Morgan fingerprint density at radius 3 is 2.43 bits per heavy atom. The second-order valence-electron chi connectivity index (χ2n) is 9.71. The maximum absolute atomic E-state index is 13.8. The van der Waals surface area contributed by atoms with Gasteiger partial charge >= 0.3 is 0 Å². The topological polar surface area (TPSA) is 69.1 Å². The number of hydrogen-bond acceptors (Lipinski definition) is 6. The van der Waals surface area contributed by atoms with Crippen molar-refractivity contribution in [2.45, 2.75) is 18.6 Å². The first-order valence-corrected chi connectivity index (χ1v) is 12.1. The summed E-state index contributed by atoms with van der Waals surface area (Å²) in [5.74, 6) is -0.374. The highest BCUT2D eigenvalue weighted by molar-refractivity contribution is 6.00. The summed E-state index contributed by atoms with van der Waals surface area (Å²) in [7, 11) is 4.96. The molecule has 1 amide bonds. The number of carbonyl (C=O) groups is 1. The standard InChI is InChI=1S/C28H32F2N4O3/c1-28(36,26-12-9-21(30)16-31-26)18-33-13-14-34(25(17-33)19-5-7-20(29)8-6-19)24-11-10-22(37-4)15-23(24)27(35)32(2)3/h5-12,15-16,25,36H,13-14,17-18H2,1-4H3/t25-,28+/m0/s1. The number of aliphatic hydroxyl groups is 1. The van der Waals surface area contributed by atoms with Crippen LogP contribution >= 0.6 is 0 Å². The number of rotatable bonds is 7. The lowest BCUT2D eigenvalue weighted by atomic mass is 9.96. The number of ether oxygens (including phenoxy) is 1. The van der Waals surface area contributed by atoms with Crippen molar-refractivity contribution in [3.8, 4) is 5.75 Å². The molecule has 2 heterocycles. The van der Waals surface area contributed by atoms with Crippen LogP contribution in [0.3, 0.4) is 0 Å². The van der Waals surface area contributed by atoms with Crippen molar-refractivity contribution in [3.05, 3.63) is 89.2 Å². The fraction of sp³-hybridized carbons (Fsp3) is 0.357. The van der Waals surface area contributed by atoms with Gasteiger partial charge in [-0.25, -0.2) is 8.78 Å². The minimum absolute atomic E-state index is 0.153. The number of amides is 1. The molecule has 1 saturated heterocycles. The fourth-order valence-electron chi connectivity index (χ4n) is 4.76. The van der Waals surface area contributed by atoms with Crippen LogP contribution in [0.25, 0.3) is 0 Å². The van der Waals surface area contributed by atoms with Crippen LogP contribution in [0, 0.1) is 11.6 Å². The van der Waals surface area contributed by atoms with E-state index >= 15 is 0 Å². The maximum atomic E-state index is 13.8. The van der Waals surface area contributed by atoms with E-state index in [1.54, 1.807) is 46.3 Å². The zero-order valence-corrected chi connectivity index (χ0v) is 21.5. The van der Waals surface area contributed by atoms with Crippen molar-refractivity contribution in [3.63, 3.8) is 0 Å². The van der Waals surface area contributed by atoms with Gasteiger partial charge in [-0.2, -0.15) is 0 Å². The molecule has 196 valence electrons. The molecule has 2 aromatic carbocycles. The third kappa shape index (κ3) is 5.89. The highest BCUT2D eigenvalue weighted by Crippen LogP contribution is 2.36. The summed E-state index contributed by atoms with van der Waals surface area (Å²) in [6.45, 7) is 3.57. The third-order valence-electron chi connectivity index (χ3n) is 6.68. The number of anilines is 1. The number of halogens is 2. The summed E-state index contributed by atoms with van der Waals surface area (Å²) in [5, 5.41) is 11.2. The van der Waals surface area contributed by atoms with Crippen molar-refractivity contribution in [1.82, 2.24) is 14.8 Å². The van der Waals surface area contributed by atoms with E-state index in [0.29, 0.717) is 36.6 Å². The van der Waals surface area contributed by atoms with E-state index in [0.717, 1.165) is 17.4 Å². The zero-order valence-electron chi connectivity index (χ0n) is 21.5. The Morgan fingerprint density at radius 2 is 1.81 bits per heavy atom. The predicted molar refractivity (Wildman–Crippen MR) is 138 cm³/mol. The highest BCUT2D eigenvalue weighted by atomic mass is 19.1. The van der Waals surface area contributed by atoms with Gasteiger partial charge in [0.05, 0.1) is 36.3 Å².